The van der Waals surface area contributed by atoms with Gasteiger partial charge in [0.15, 0.2) is 31.1 Å². The van der Waals surface area contributed by atoms with Gasteiger partial charge in [0.1, 0.15) is 5.60 Å². The lowest BCUT2D eigenvalue weighted by molar-refractivity contribution is -0.326. The molecule has 4 rings (SSSR count). The molecule has 0 spiro atoms. The molecule has 0 radical (unpaired) electrons. The number of nitrogens with zero attached hydrogens (tertiary/aromatic N) is 2. The quantitative estimate of drug-likeness (QED) is 0.108. The minimum absolute atomic E-state index is 0.0899. The standard InChI is InChI=1S/C49H82N2O15/c1-18-35-41(64-39-24-47(12,57-17)43(31(8)60-39)62-33(10)53)30(7)45(55)63-38(19-2)49(14,56)36-21-20-26(3)25-58-48(13,23-27(4)40(29(36)6)50-66-34(11)54)44(35)65-46-42(61-32(9)52)37(51(15)16)22-28(5)59-46/h18,27-31,35-39,41-46,55-56H,1,3,19-25H2,2,4-17H3/b50-40+/t27-,28-,29-,30-,31+,35+,36-,37+,38-,39+,41-,42-,43+,44-,45?,46+,47-,48-,49+/m1/s1. The number of rotatable bonds is 11. The van der Waals surface area contributed by atoms with E-state index in [-0.39, 0.29) is 31.6 Å². The smallest absolute Gasteiger partial charge is 0.331 e. The van der Waals surface area contributed by atoms with Crippen molar-refractivity contribution in [3.63, 3.8) is 0 Å². The number of hydrogen-bond donors (Lipinski definition) is 2. The highest BCUT2D eigenvalue weighted by Crippen LogP contribution is 2.46. The van der Waals surface area contributed by atoms with Crippen LogP contribution in [0.5, 0.6) is 0 Å². The number of ether oxygens (including phenoxy) is 9. The highest BCUT2D eigenvalue weighted by Gasteiger charge is 2.56. The van der Waals surface area contributed by atoms with Crippen LogP contribution in [0.4, 0.5) is 0 Å². The summed E-state index contributed by atoms with van der Waals surface area (Å²) >= 11 is 0. The summed E-state index contributed by atoms with van der Waals surface area (Å²) in [7, 11) is 5.34. The van der Waals surface area contributed by atoms with E-state index in [0.717, 1.165) is 5.57 Å². The fourth-order valence-corrected chi connectivity index (χ4v) is 10.9. The first-order valence-electron chi connectivity index (χ1n) is 23.7. The largest absolute Gasteiger partial charge is 0.457 e. The first-order valence-corrected chi connectivity index (χ1v) is 23.7. The van der Waals surface area contributed by atoms with Crippen molar-refractivity contribution < 1.29 is 72.1 Å². The highest BCUT2D eigenvalue weighted by molar-refractivity contribution is 5.89. The summed E-state index contributed by atoms with van der Waals surface area (Å²) in [5, 5.41) is 29.7. The van der Waals surface area contributed by atoms with Crippen LogP contribution in [0.25, 0.3) is 0 Å². The minimum Gasteiger partial charge on any atom is -0.457 e. The molecule has 4 aliphatic heterocycles. The van der Waals surface area contributed by atoms with Crippen molar-refractivity contribution in [2.75, 3.05) is 27.8 Å². The summed E-state index contributed by atoms with van der Waals surface area (Å²) in [6.07, 6.45) is -5.70. The Balaban J connectivity index is 2.07. The Morgan fingerprint density at radius 2 is 1.58 bits per heavy atom. The second kappa shape index (κ2) is 23.2. The molecule has 0 aromatic rings. The lowest BCUT2D eigenvalue weighted by Crippen LogP contribution is -2.62. The third-order valence-electron chi connectivity index (χ3n) is 14.5. The van der Waals surface area contributed by atoms with Gasteiger partial charge in [0.2, 0.25) is 0 Å². The van der Waals surface area contributed by atoms with Crippen LogP contribution in [0.1, 0.15) is 122 Å². The molecule has 4 fully saturated rings. The van der Waals surface area contributed by atoms with E-state index in [1.165, 1.54) is 27.9 Å². The zero-order valence-corrected chi connectivity index (χ0v) is 42.3. The maximum absolute atomic E-state index is 12.8. The molecular formula is C49H82N2O15. The van der Waals surface area contributed by atoms with Gasteiger partial charge in [0.25, 0.3) is 0 Å². The Hall–Kier alpha value is -2.84. The van der Waals surface area contributed by atoms with Gasteiger partial charge in [-0.15, -0.1) is 6.58 Å². The van der Waals surface area contributed by atoms with Gasteiger partial charge in [-0.05, 0) is 86.7 Å². The van der Waals surface area contributed by atoms with Crippen molar-refractivity contribution in [2.45, 2.75) is 206 Å². The minimum atomic E-state index is -1.56. The summed E-state index contributed by atoms with van der Waals surface area (Å²) in [5.41, 5.74) is -2.70. The molecular weight excluding hydrogens is 857 g/mol. The van der Waals surface area contributed by atoms with Crippen molar-refractivity contribution in [3.05, 3.63) is 24.8 Å². The maximum Gasteiger partial charge on any atom is 0.331 e. The van der Waals surface area contributed by atoms with Crippen molar-refractivity contribution in [1.29, 1.82) is 0 Å². The van der Waals surface area contributed by atoms with E-state index >= 15 is 0 Å². The summed E-state index contributed by atoms with van der Waals surface area (Å²) < 4.78 is 59.1. The normalized spacial score (nSPS) is 43.8. The van der Waals surface area contributed by atoms with Crippen molar-refractivity contribution in [3.8, 4) is 0 Å². The molecule has 19 atom stereocenters. The summed E-state index contributed by atoms with van der Waals surface area (Å²) in [4.78, 5) is 44.9. The molecule has 0 amide bonds. The van der Waals surface area contributed by atoms with E-state index in [0.29, 0.717) is 31.4 Å². The lowest BCUT2D eigenvalue weighted by Gasteiger charge is -2.51. The zero-order chi connectivity index (χ0) is 49.6. The topological polar surface area (TPSA) is 200 Å². The van der Waals surface area contributed by atoms with E-state index in [4.69, 9.17) is 47.5 Å². The number of carbonyl (C=O) groups is 3. The number of oxime groups is 1. The molecule has 2 bridgehead atoms. The third-order valence-corrected chi connectivity index (χ3v) is 14.5. The molecule has 0 aliphatic carbocycles. The van der Waals surface area contributed by atoms with Gasteiger partial charge in [0.05, 0.1) is 60.1 Å². The van der Waals surface area contributed by atoms with Crippen LogP contribution >= 0.6 is 0 Å². The van der Waals surface area contributed by atoms with Crippen molar-refractivity contribution >= 4 is 23.6 Å². The third kappa shape index (κ3) is 13.1. The number of hydrogen-bond acceptors (Lipinski definition) is 17. The predicted molar refractivity (Wildman–Crippen MR) is 245 cm³/mol. The van der Waals surface area contributed by atoms with Crippen LogP contribution < -0.4 is 0 Å². The molecule has 378 valence electrons. The van der Waals surface area contributed by atoms with Gasteiger partial charge in [-0.25, -0.2) is 4.79 Å². The first-order chi connectivity index (χ1) is 30.7. The van der Waals surface area contributed by atoms with Gasteiger partial charge < -0.3 is 62.6 Å². The molecule has 0 aromatic carbocycles. The molecule has 2 N–H and O–H groups in total. The van der Waals surface area contributed by atoms with Crippen LogP contribution in [0, 0.1) is 29.6 Å². The van der Waals surface area contributed by atoms with Gasteiger partial charge >= 0.3 is 17.9 Å². The fraction of sp³-hybridized carbons (Fsp3) is 0.837. The number of fused-ring (bicyclic) bond motifs is 5. The number of aliphatic hydroxyl groups excluding tert-OH is 1. The number of methoxy groups -OCH3 is 1. The maximum atomic E-state index is 12.8. The Morgan fingerprint density at radius 1 is 0.924 bits per heavy atom. The molecule has 0 aromatic heterocycles. The summed E-state index contributed by atoms with van der Waals surface area (Å²) in [6.45, 7) is 29.5. The SMILES string of the molecule is C=C[C@H]1[C@H](O[C@H]2C[C@@](C)(OC)[C@@H](OC(C)=O)[C@H](C)O2)[C@@H](C)C(O)O[C@H](CC)[C@@](C)(O)[C@@H]2CCC(=C)CO[C@](C)(C[C@@H](C)/C(=N\OC(C)=O)[C@@H]2C)[C@@H]1O[C@@H]1O[C@H](C)C[C@H](N(C)C)[C@H]1OC(C)=O. The average molecular weight is 939 g/mol. The van der Waals surface area contributed by atoms with E-state index in [9.17, 15) is 24.6 Å². The van der Waals surface area contributed by atoms with Gasteiger partial charge in [-0.3, -0.25) is 9.59 Å². The molecule has 4 heterocycles. The Bertz CT molecular complexity index is 1710. The van der Waals surface area contributed by atoms with Crippen LogP contribution in [-0.4, -0.2) is 151 Å². The molecule has 4 aliphatic rings. The number of carbonyl (C=O) groups excluding carboxylic acids is 3. The van der Waals surface area contributed by atoms with Gasteiger partial charge in [0, 0.05) is 58.0 Å². The van der Waals surface area contributed by atoms with E-state index in [1.807, 2.05) is 60.5 Å². The number of aliphatic hydroxyl groups is 2. The van der Waals surface area contributed by atoms with Crippen LogP contribution in [0.2, 0.25) is 0 Å². The summed E-state index contributed by atoms with van der Waals surface area (Å²) in [6, 6.07) is -0.308. The Labute approximate surface area is 393 Å². The first kappa shape index (κ1) is 55.8. The number of likely N-dealkylation sites (N-methyl/N-ethyl adjacent to an activating group) is 1. The highest BCUT2D eigenvalue weighted by atomic mass is 16.7. The van der Waals surface area contributed by atoms with Gasteiger partial charge in [-0.1, -0.05) is 51.1 Å². The van der Waals surface area contributed by atoms with Crippen LogP contribution in [-0.2, 0) is 61.9 Å². The summed E-state index contributed by atoms with van der Waals surface area (Å²) in [5.74, 6) is -4.91. The van der Waals surface area contributed by atoms with Crippen LogP contribution in [0.3, 0.4) is 0 Å². The van der Waals surface area contributed by atoms with E-state index in [2.05, 4.69) is 18.3 Å². The monoisotopic (exact) mass is 939 g/mol. The molecule has 4 saturated heterocycles. The molecule has 66 heavy (non-hydrogen) atoms. The second-order valence-electron chi connectivity index (χ2n) is 20.1. The van der Waals surface area contributed by atoms with Crippen molar-refractivity contribution in [2.24, 2.45) is 34.7 Å². The molecule has 17 nitrogen and oxygen atoms in total. The van der Waals surface area contributed by atoms with Gasteiger partial charge in [-0.2, -0.15) is 0 Å². The number of esters is 2. The lowest BCUT2D eigenvalue weighted by atomic mass is 9.68. The van der Waals surface area contributed by atoms with E-state index in [1.54, 1.807) is 26.8 Å². The molecule has 17 heteroatoms. The fourth-order valence-electron chi connectivity index (χ4n) is 10.9. The zero-order valence-electron chi connectivity index (χ0n) is 42.3. The average Bonchev–Trinajstić information content (AvgIpc) is 3.23. The Kier molecular flexibility index (Phi) is 19.6. The molecule has 0 saturated carbocycles. The van der Waals surface area contributed by atoms with Crippen molar-refractivity contribution in [1.82, 2.24) is 4.90 Å². The second-order valence-corrected chi connectivity index (χ2v) is 20.1. The predicted octanol–water partition coefficient (Wildman–Crippen LogP) is 5.86. The molecule has 1 unspecified atom stereocenters. The van der Waals surface area contributed by atoms with Crippen LogP contribution in [0.15, 0.2) is 30.0 Å². The Morgan fingerprint density at radius 3 is 2.14 bits per heavy atom. The van der Waals surface area contributed by atoms with E-state index < -0.39 is 120 Å².